The fourth-order valence-electron chi connectivity index (χ4n) is 3.51. The number of aryl methyl sites for hydroxylation is 2. The molecule has 0 radical (unpaired) electrons. The van der Waals surface area contributed by atoms with Crippen molar-refractivity contribution >= 4 is 17.3 Å². The number of hydrogen-bond donors (Lipinski definition) is 3. The predicted octanol–water partition coefficient (Wildman–Crippen LogP) is 1.43. The predicted molar refractivity (Wildman–Crippen MR) is 85.7 cm³/mol. The molecular weight excluding hydrogens is 282 g/mol. The van der Waals surface area contributed by atoms with E-state index in [9.17, 15) is 0 Å². The summed E-state index contributed by atoms with van der Waals surface area (Å²) in [5.41, 5.74) is 14.0. The number of hydrazine groups is 2. The van der Waals surface area contributed by atoms with E-state index in [1.807, 2.05) is 6.20 Å². The van der Waals surface area contributed by atoms with Crippen LogP contribution in [0.4, 0.5) is 0 Å². The molecule has 0 spiro atoms. The number of fused-ring (bicyclic) bond motifs is 3. The van der Waals surface area contributed by atoms with Crippen molar-refractivity contribution in [3.05, 3.63) is 47.3 Å². The first-order chi connectivity index (χ1) is 10.1. The lowest BCUT2D eigenvalue weighted by Gasteiger charge is -2.35. The van der Waals surface area contributed by atoms with Gasteiger partial charge in [-0.3, -0.25) is 5.43 Å². The molecule has 3 heterocycles. The van der Waals surface area contributed by atoms with Gasteiger partial charge in [0.05, 0.1) is 12.1 Å². The van der Waals surface area contributed by atoms with Crippen LogP contribution in [-0.2, 0) is 0 Å². The van der Waals surface area contributed by atoms with E-state index in [1.54, 1.807) is 0 Å². The van der Waals surface area contributed by atoms with Gasteiger partial charge in [0.25, 0.3) is 0 Å². The normalized spacial score (nSPS) is 30.4. The Labute approximate surface area is 129 Å². The topological polar surface area (TPSA) is 42.6 Å². The van der Waals surface area contributed by atoms with Gasteiger partial charge in [-0.25, -0.2) is 10.9 Å². The maximum Gasteiger partial charge on any atom is 0.189 e. The summed E-state index contributed by atoms with van der Waals surface area (Å²) in [5.74, 6) is 0. The van der Waals surface area contributed by atoms with Gasteiger partial charge in [0.2, 0.25) is 0 Å². The lowest BCUT2D eigenvalue weighted by atomic mass is 9.95. The Bertz CT molecular complexity index is 628. The highest BCUT2D eigenvalue weighted by Crippen LogP contribution is 2.34. The van der Waals surface area contributed by atoms with Crippen LogP contribution in [0.3, 0.4) is 0 Å². The van der Waals surface area contributed by atoms with Crippen molar-refractivity contribution in [3.63, 3.8) is 0 Å². The molecule has 5 nitrogen and oxygen atoms in total. The van der Waals surface area contributed by atoms with Crippen molar-refractivity contribution in [2.24, 2.45) is 0 Å². The molecule has 21 heavy (non-hydrogen) atoms. The highest BCUT2D eigenvalue weighted by molar-refractivity contribution is 7.80. The number of rotatable bonds is 1. The fourth-order valence-corrected chi connectivity index (χ4v) is 3.75. The minimum absolute atomic E-state index is 0.186. The molecule has 3 aliphatic rings. The second kappa shape index (κ2) is 4.69. The van der Waals surface area contributed by atoms with Crippen LogP contribution in [0.2, 0.25) is 0 Å². The number of nitrogens with one attached hydrogen (secondary N) is 3. The van der Waals surface area contributed by atoms with Gasteiger partial charge in [-0.15, -0.1) is 0 Å². The molecule has 0 amide bonds. The van der Waals surface area contributed by atoms with Crippen LogP contribution >= 0.6 is 12.2 Å². The van der Waals surface area contributed by atoms with Crippen molar-refractivity contribution in [3.8, 4) is 0 Å². The average molecular weight is 301 g/mol. The van der Waals surface area contributed by atoms with Crippen molar-refractivity contribution in [1.82, 2.24) is 26.2 Å². The smallest absolute Gasteiger partial charge is 0.189 e. The van der Waals surface area contributed by atoms with Gasteiger partial charge in [0.1, 0.15) is 6.17 Å². The molecule has 3 unspecified atom stereocenters. The Morgan fingerprint density at radius 1 is 1.24 bits per heavy atom. The van der Waals surface area contributed by atoms with E-state index in [4.69, 9.17) is 12.2 Å². The molecule has 0 aromatic heterocycles. The molecular formula is C15H19N5S. The van der Waals surface area contributed by atoms with E-state index in [0.717, 1.165) is 11.5 Å². The maximum absolute atomic E-state index is 5.30. The lowest BCUT2D eigenvalue weighted by Crippen LogP contribution is -2.53. The highest BCUT2D eigenvalue weighted by Gasteiger charge is 2.44. The number of nitrogens with zero attached hydrogens (tertiary/aromatic N) is 2. The molecule has 0 aliphatic carbocycles. The first-order valence-electron chi connectivity index (χ1n) is 7.27. The Kier molecular flexibility index (Phi) is 2.92. The summed E-state index contributed by atoms with van der Waals surface area (Å²) in [5, 5.41) is 2.94. The molecule has 110 valence electrons. The third-order valence-electron chi connectivity index (χ3n) is 4.55. The van der Waals surface area contributed by atoms with Crippen LogP contribution < -0.4 is 16.3 Å². The summed E-state index contributed by atoms with van der Waals surface area (Å²) < 4.78 is 0. The van der Waals surface area contributed by atoms with Gasteiger partial charge in [0.15, 0.2) is 5.11 Å². The monoisotopic (exact) mass is 301 g/mol. The van der Waals surface area contributed by atoms with Crippen LogP contribution in [0.15, 0.2) is 30.6 Å². The fraction of sp³-hybridized carbons (Fsp3) is 0.400. The molecule has 3 atom stereocenters. The molecule has 1 aromatic carbocycles. The Balaban J connectivity index is 1.60. The van der Waals surface area contributed by atoms with E-state index in [2.05, 4.69) is 64.4 Å². The second-order valence-electron chi connectivity index (χ2n) is 5.98. The van der Waals surface area contributed by atoms with Gasteiger partial charge in [0, 0.05) is 12.4 Å². The Morgan fingerprint density at radius 3 is 2.90 bits per heavy atom. The van der Waals surface area contributed by atoms with Crippen LogP contribution in [0, 0.1) is 13.8 Å². The first-order valence-corrected chi connectivity index (χ1v) is 7.68. The quantitative estimate of drug-likeness (QED) is 0.682. The molecule has 6 heteroatoms. The average Bonchev–Trinajstić information content (AvgIpc) is 3.02. The molecule has 3 aliphatic heterocycles. The van der Waals surface area contributed by atoms with Crippen molar-refractivity contribution in [1.29, 1.82) is 0 Å². The molecule has 2 fully saturated rings. The first kappa shape index (κ1) is 13.1. The third-order valence-corrected chi connectivity index (χ3v) is 4.87. The lowest BCUT2D eigenvalue weighted by molar-refractivity contribution is 0.153. The van der Waals surface area contributed by atoms with E-state index >= 15 is 0 Å². The molecule has 4 rings (SSSR count). The summed E-state index contributed by atoms with van der Waals surface area (Å²) in [4.78, 5) is 2.09. The highest BCUT2D eigenvalue weighted by atomic mass is 32.1. The van der Waals surface area contributed by atoms with E-state index in [-0.39, 0.29) is 6.17 Å². The molecule has 1 aromatic rings. The minimum atomic E-state index is 0.186. The summed E-state index contributed by atoms with van der Waals surface area (Å²) in [7, 11) is 0. The number of hydrogen-bond acceptors (Lipinski definition) is 4. The van der Waals surface area contributed by atoms with Crippen LogP contribution in [-0.4, -0.2) is 27.2 Å². The Hall–Kier alpha value is -1.63. The van der Waals surface area contributed by atoms with Gasteiger partial charge in [-0.05, 0) is 43.6 Å². The summed E-state index contributed by atoms with van der Waals surface area (Å²) in [6.45, 7) is 4.33. The van der Waals surface area contributed by atoms with Crippen LogP contribution in [0.1, 0.15) is 29.2 Å². The maximum atomic E-state index is 5.30. The van der Waals surface area contributed by atoms with Crippen LogP contribution in [0.25, 0.3) is 0 Å². The number of benzene rings is 1. The molecule has 0 saturated carbocycles. The van der Waals surface area contributed by atoms with E-state index < -0.39 is 0 Å². The largest absolute Gasteiger partial charge is 0.307 e. The van der Waals surface area contributed by atoms with E-state index in [1.165, 1.54) is 16.7 Å². The third kappa shape index (κ3) is 2.02. The summed E-state index contributed by atoms with van der Waals surface area (Å²) in [6, 6.07) is 7.38. The van der Waals surface area contributed by atoms with Gasteiger partial charge < -0.3 is 9.91 Å². The van der Waals surface area contributed by atoms with Crippen molar-refractivity contribution < 1.29 is 0 Å². The molecule has 2 saturated heterocycles. The summed E-state index contributed by atoms with van der Waals surface area (Å²) in [6.07, 6.45) is 5.33. The minimum Gasteiger partial charge on any atom is -0.307 e. The van der Waals surface area contributed by atoms with Gasteiger partial charge in [-0.2, -0.15) is 0 Å². The number of thiocarbonyl (C=S) groups is 1. The Morgan fingerprint density at radius 2 is 2.10 bits per heavy atom. The van der Waals surface area contributed by atoms with E-state index in [0.29, 0.717) is 12.1 Å². The SMILES string of the molecule is Cc1ccc(C2CC3C4NNC(=S)N4C=CN3N2)c(C)c1. The van der Waals surface area contributed by atoms with Gasteiger partial charge in [-0.1, -0.05) is 23.8 Å². The van der Waals surface area contributed by atoms with Crippen molar-refractivity contribution in [2.75, 3.05) is 0 Å². The van der Waals surface area contributed by atoms with Gasteiger partial charge >= 0.3 is 0 Å². The van der Waals surface area contributed by atoms with Crippen molar-refractivity contribution in [2.45, 2.75) is 38.5 Å². The standard InChI is InChI=1S/C15H19N5S/c1-9-3-4-11(10(2)7-9)12-8-13-14-16-17-15(21)19(14)5-6-20(13)18-12/h3-7,12-14,16,18H,8H2,1-2H3,(H,17,21). The summed E-state index contributed by atoms with van der Waals surface area (Å²) >= 11 is 5.30. The zero-order valence-corrected chi connectivity index (χ0v) is 12.9. The van der Waals surface area contributed by atoms with Crippen LogP contribution in [0.5, 0.6) is 0 Å². The second-order valence-corrected chi connectivity index (χ2v) is 6.36. The molecule has 3 N–H and O–H groups in total. The molecule has 0 bridgehead atoms. The zero-order valence-electron chi connectivity index (χ0n) is 12.1. The zero-order chi connectivity index (χ0) is 14.6.